The van der Waals surface area contributed by atoms with Crippen LogP contribution < -0.4 is 4.74 Å². The Labute approximate surface area is 125 Å². The van der Waals surface area contributed by atoms with Gasteiger partial charge in [0.2, 0.25) is 0 Å². The molecule has 3 rings (SSSR count). The number of hydrogen-bond acceptors (Lipinski definition) is 3. The fraction of sp³-hybridized carbons (Fsp3) is 0.375. The van der Waals surface area contributed by atoms with E-state index in [-0.39, 0.29) is 18.5 Å². The van der Waals surface area contributed by atoms with Crippen molar-refractivity contribution in [1.29, 1.82) is 0 Å². The first-order valence-electron chi connectivity index (χ1n) is 6.83. The highest BCUT2D eigenvalue weighted by Crippen LogP contribution is 2.27. The first kappa shape index (κ1) is 15.1. The smallest absolute Gasteiger partial charge is 0.138 e. The molecule has 0 unspecified atom stereocenters. The first-order valence-corrected chi connectivity index (χ1v) is 6.83. The summed E-state index contributed by atoms with van der Waals surface area (Å²) in [5, 5.41) is 12.3. The Morgan fingerprint density at radius 2 is 1.90 bits per heavy atom. The third-order valence-electron chi connectivity index (χ3n) is 3.79. The summed E-state index contributed by atoms with van der Waals surface area (Å²) >= 11 is 0. The molecule has 0 aromatic heterocycles. The van der Waals surface area contributed by atoms with Gasteiger partial charge in [-0.05, 0) is 18.0 Å². The van der Waals surface area contributed by atoms with Crippen LogP contribution in [0.1, 0.15) is 6.92 Å². The number of benzene rings is 2. The van der Waals surface area contributed by atoms with Crippen LogP contribution in [0.15, 0.2) is 42.5 Å². The van der Waals surface area contributed by atoms with E-state index in [4.69, 9.17) is 4.74 Å². The predicted octanol–water partition coefficient (Wildman–Crippen LogP) is 2.71. The molecule has 20 heavy (non-hydrogen) atoms. The molecule has 0 amide bonds. The minimum absolute atomic E-state index is 0. The van der Waals surface area contributed by atoms with E-state index in [1.807, 2.05) is 24.3 Å². The molecule has 0 aliphatic carbocycles. The molecular formula is C16H20ClNO2. The molecule has 1 saturated heterocycles. The lowest BCUT2D eigenvalue weighted by atomic mass is 10.1. The van der Waals surface area contributed by atoms with Crippen LogP contribution in [0.3, 0.4) is 0 Å². The SMILES string of the molecule is CCN1C[C@H](Oc2cccc3ccccc23)[C@@H](O)C1.Cl. The summed E-state index contributed by atoms with van der Waals surface area (Å²) in [6.45, 7) is 4.55. The van der Waals surface area contributed by atoms with Crippen LogP contribution in [-0.4, -0.2) is 41.8 Å². The van der Waals surface area contributed by atoms with Crippen LogP contribution in [0.25, 0.3) is 10.8 Å². The molecule has 1 fully saturated rings. The number of aliphatic hydroxyl groups is 1. The Morgan fingerprint density at radius 3 is 2.65 bits per heavy atom. The van der Waals surface area contributed by atoms with E-state index < -0.39 is 6.10 Å². The molecule has 1 N–H and O–H groups in total. The molecular weight excluding hydrogens is 274 g/mol. The standard InChI is InChI=1S/C16H19NO2.ClH/c1-2-17-10-14(18)16(11-17)19-15-9-5-7-12-6-3-4-8-13(12)15;/h3-9,14,16,18H,2,10-11H2,1H3;1H/t14-,16-;/m0./s1. The van der Waals surface area contributed by atoms with Gasteiger partial charge in [-0.2, -0.15) is 0 Å². The summed E-state index contributed by atoms with van der Waals surface area (Å²) < 4.78 is 6.04. The van der Waals surface area contributed by atoms with Crippen molar-refractivity contribution in [3.63, 3.8) is 0 Å². The van der Waals surface area contributed by atoms with Gasteiger partial charge in [-0.3, -0.25) is 4.90 Å². The molecule has 0 spiro atoms. The van der Waals surface area contributed by atoms with Gasteiger partial charge in [0.15, 0.2) is 0 Å². The normalized spacial score (nSPS) is 22.7. The molecule has 0 saturated carbocycles. The Bertz CT molecular complexity index is 570. The van der Waals surface area contributed by atoms with E-state index >= 15 is 0 Å². The van der Waals surface area contributed by atoms with Crippen LogP contribution in [-0.2, 0) is 0 Å². The zero-order valence-corrected chi connectivity index (χ0v) is 12.3. The van der Waals surface area contributed by atoms with Gasteiger partial charge < -0.3 is 9.84 Å². The number of aliphatic hydroxyl groups excluding tert-OH is 1. The van der Waals surface area contributed by atoms with E-state index in [1.54, 1.807) is 0 Å². The topological polar surface area (TPSA) is 32.7 Å². The molecule has 2 aromatic carbocycles. The van der Waals surface area contributed by atoms with Crippen LogP contribution in [0.5, 0.6) is 5.75 Å². The Hall–Kier alpha value is -1.29. The van der Waals surface area contributed by atoms with Gasteiger partial charge >= 0.3 is 0 Å². The number of likely N-dealkylation sites (N-methyl/N-ethyl adjacent to an activating group) is 1. The molecule has 0 bridgehead atoms. The second-order valence-corrected chi connectivity index (χ2v) is 5.05. The number of hydrogen-bond donors (Lipinski definition) is 1. The van der Waals surface area contributed by atoms with Gasteiger partial charge in [-0.1, -0.05) is 43.3 Å². The van der Waals surface area contributed by atoms with E-state index in [0.717, 1.165) is 24.2 Å². The minimum Gasteiger partial charge on any atom is -0.486 e. The number of halogens is 1. The van der Waals surface area contributed by atoms with Gasteiger partial charge in [0, 0.05) is 18.5 Å². The number of ether oxygens (including phenoxy) is 1. The zero-order chi connectivity index (χ0) is 13.2. The lowest BCUT2D eigenvalue weighted by molar-refractivity contribution is 0.0747. The van der Waals surface area contributed by atoms with Crippen molar-refractivity contribution in [2.24, 2.45) is 0 Å². The Morgan fingerprint density at radius 1 is 1.15 bits per heavy atom. The molecule has 1 aliphatic heterocycles. The van der Waals surface area contributed by atoms with Crippen molar-refractivity contribution in [1.82, 2.24) is 4.90 Å². The van der Waals surface area contributed by atoms with E-state index in [1.165, 1.54) is 5.39 Å². The fourth-order valence-corrected chi connectivity index (χ4v) is 2.67. The molecule has 2 aromatic rings. The number of nitrogens with zero attached hydrogens (tertiary/aromatic N) is 1. The summed E-state index contributed by atoms with van der Waals surface area (Å²) in [4.78, 5) is 2.21. The first-order chi connectivity index (χ1) is 9.28. The minimum atomic E-state index is -0.404. The highest BCUT2D eigenvalue weighted by molar-refractivity contribution is 5.88. The Balaban J connectivity index is 0.00000147. The van der Waals surface area contributed by atoms with Gasteiger partial charge in [-0.15, -0.1) is 12.4 Å². The maximum atomic E-state index is 10.1. The average Bonchev–Trinajstić information content (AvgIpc) is 2.80. The molecule has 4 heteroatoms. The van der Waals surface area contributed by atoms with Crippen LogP contribution in [0.4, 0.5) is 0 Å². The largest absolute Gasteiger partial charge is 0.486 e. The number of likely N-dealkylation sites (tertiary alicyclic amines) is 1. The van der Waals surface area contributed by atoms with Gasteiger partial charge in [0.25, 0.3) is 0 Å². The third kappa shape index (κ3) is 2.90. The lowest BCUT2D eigenvalue weighted by Gasteiger charge is -2.18. The molecule has 1 aliphatic rings. The molecule has 108 valence electrons. The van der Waals surface area contributed by atoms with Crippen LogP contribution in [0.2, 0.25) is 0 Å². The van der Waals surface area contributed by atoms with Crippen molar-refractivity contribution in [2.75, 3.05) is 19.6 Å². The highest BCUT2D eigenvalue weighted by Gasteiger charge is 2.32. The van der Waals surface area contributed by atoms with Crippen molar-refractivity contribution in [2.45, 2.75) is 19.1 Å². The maximum Gasteiger partial charge on any atom is 0.138 e. The van der Waals surface area contributed by atoms with Gasteiger partial charge in [0.1, 0.15) is 18.0 Å². The van der Waals surface area contributed by atoms with Crippen LogP contribution in [0, 0.1) is 0 Å². The maximum absolute atomic E-state index is 10.1. The van der Waals surface area contributed by atoms with Gasteiger partial charge in [0.05, 0.1) is 0 Å². The van der Waals surface area contributed by atoms with Crippen molar-refractivity contribution >= 4 is 23.2 Å². The van der Waals surface area contributed by atoms with Crippen molar-refractivity contribution in [3.8, 4) is 5.75 Å². The van der Waals surface area contributed by atoms with Gasteiger partial charge in [-0.25, -0.2) is 0 Å². The summed E-state index contributed by atoms with van der Waals surface area (Å²) in [7, 11) is 0. The molecule has 1 heterocycles. The fourth-order valence-electron chi connectivity index (χ4n) is 2.67. The Kier molecular flexibility index (Phi) is 4.86. The summed E-state index contributed by atoms with van der Waals surface area (Å²) in [5.74, 6) is 0.861. The zero-order valence-electron chi connectivity index (χ0n) is 11.5. The monoisotopic (exact) mass is 293 g/mol. The third-order valence-corrected chi connectivity index (χ3v) is 3.79. The molecule has 3 nitrogen and oxygen atoms in total. The van der Waals surface area contributed by atoms with Crippen molar-refractivity contribution < 1.29 is 9.84 Å². The predicted molar refractivity (Wildman–Crippen MR) is 83.7 cm³/mol. The lowest BCUT2D eigenvalue weighted by Crippen LogP contribution is -2.30. The number of rotatable bonds is 3. The second-order valence-electron chi connectivity index (χ2n) is 5.05. The molecule has 0 radical (unpaired) electrons. The quantitative estimate of drug-likeness (QED) is 0.944. The average molecular weight is 294 g/mol. The van der Waals surface area contributed by atoms with E-state index in [0.29, 0.717) is 6.54 Å². The van der Waals surface area contributed by atoms with E-state index in [2.05, 4.69) is 30.0 Å². The van der Waals surface area contributed by atoms with E-state index in [9.17, 15) is 5.11 Å². The number of fused-ring (bicyclic) bond motifs is 1. The van der Waals surface area contributed by atoms with Crippen molar-refractivity contribution in [3.05, 3.63) is 42.5 Å². The summed E-state index contributed by atoms with van der Waals surface area (Å²) in [6.07, 6.45) is -0.537. The highest BCUT2D eigenvalue weighted by atomic mass is 35.5. The number of β-amino-alcohol motifs (C(OH)–C–C–N with tert-alkyl or cyclic N) is 1. The second kappa shape index (κ2) is 6.44. The molecule has 2 atom stereocenters. The van der Waals surface area contributed by atoms with Crippen LogP contribution >= 0.6 is 12.4 Å². The summed E-state index contributed by atoms with van der Waals surface area (Å²) in [6, 6.07) is 14.2. The summed E-state index contributed by atoms with van der Waals surface area (Å²) in [5.41, 5.74) is 0.